The third-order valence-corrected chi connectivity index (χ3v) is 23.3. The van der Waals surface area contributed by atoms with Gasteiger partial charge in [-0.2, -0.15) is 20.4 Å². The van der Waals surface area contributed by atoms with Gasteiger partial charge in [-0.15, -0.1) is 0 Å². The summed E-state index contributed by atoms with van der Waals surface area (Å²) < 4.78 is 106. The van der Waals surface area contributed by atoms with Crippen molar-refractivity contribution in [2.24, 2.45) is 0 Å². The minimum absolute atomic E-state index is 0. The van der Waals surface area contributed by atoms with Gasteiger partial charge in [0.05, 0.1) is 93.8 Å². The number of aryl methyl sites for hydroxylation is 1. The van der Waals surface area contributed by atoms with Gasteiger partial charge >= 0.3 is 130 Å². The quantitative estimate of drug-likeness (QED) is 0.0183. The normalized spacial score (nSPS) is 15.6. The van der Waals surface area contributed by atoms with Crippen molar-refractivity contribution in [3.8, 4) is 100 Å². The molecule has 16 heterocycles. The molecule has 0 radical (unpaired) electrons. The molecule has 140 heavy (non-hydrogen) atoms. The predicted octanol–water partition coefficient (Wildman–Crippen LogP) is 15.3. The molecule has 0 bridgehead atoms. The van der Waals surface area contributed by atoms with Gasteiger partial charge in [0.15, 0.2) is 18.9 Å². The maximum atomic E-state index is 14.2. The average molecular weight is 2100 g/mol. The zero-order chi connectivity index (χ0) is 98.3. The van der Waals surface area contributed by atoms with E-state index in [9.17, 15) is 13.2 Å². The number of halogens is 6. The van der Waals surface area contributed by atoms with E-state index in [0.717, 1.165) is 153 Å². The van der Waals surface area contributed by atoms with Crippen LogP contribution < -0.4 is 67.0 Å². The van der Waals surface area contributed by atoms with Crippen molar-refractivity contribution >= 4 is 123 Å². The molecule has 12 aromatic heterocycles. The van der Waals surface area contributed by atoms with Gasteiger partial charge in [-0.05, 0) is 244 Å². The molecule has 4 aliphatic rings. The monoisotopic (exact) mass is 2100 g/mol. The second-order valence-corrected chi connectivity index (χ2v) is 35.0. The van der Waals surface area contributed by atoms with Crippen LogP contribution >= 0.6 is 47.4 Å². The van der Waals surface area contributed by atoms with Gasteiger partial charge in [0.1, 0.15) is 27.8 Å². The number of aromatic nitrogens is 16. The Morgan fingerprint density at radius 1 is 0.450 bits per heavy atom. The number of hydrogen-bond acceptors (Lipinski definition) is 25. The van der Waals surface area contributed by atoms with Crippen LogP contribution in [0.2, 0.25) is 10.3 Å². The molecule has 19 rings (SSSR count). The van der Waals surface area contributed by atoms with Crippen LogP contribution in [0.1, 0.15) is 91.0 Å². The Kier molecular flexibility index (Phi) is 48.4. The molecule has 0 amide bonds. The third kappa shape index (κ3) is 36.1. The summed E-state index contributed by atoms with van der Waals surface area (Å²) in [6, 6.07) is 43.0. The summed E-state index contributed by atoms with van der Waals surface area (Å²) in [5, 5.41) is 36.0. The summed E-state index contributed by atoms with van der Waals surface area (Å²) in [4.78, 5) is 42.7. The van der Waals surface area contributed by atoms with E-state index in [-0.39, 0.29) is 113 Å². The van der Waals surface area contributed by atoms with Crippen molar-refractivity contribution in [3.63, 3.8) is 0 Å². The first-order valence-electron chi connectivity index (χ1n) is 45.5. The summed E-state index contributed by atoms with van der Waals surface area (Å²) in [5.41, 5.74) is 16.5. The van der Waals surface area contributed by atoms with Crippen LogP contribution in [0.25, 0.3) is 100 Å². The van der Waals surface area contributed by atoms with Crippen LogP contribution in [0, 0.1) is 24.4 Å². The molecule has 1 N–H and O–H groups in total. The SMILES string of the molecule is CC1(C)OB(c2cnn(CCOC3CCCCO3)c2)OC1(C)C.Cc1ccccc1F.Clc1cc(-c2cncc(-c3cnn(CCOC4CCCCO4)c3)c2)ccn1.Clc1cc(-c2cncc(Br)c2)ccn1.Fc1ccccc1-c1cc(-c2cncc(-c3cnn(CCOC4CCCCO4)c3)c2)ccn1.O=[P+]([O-])O[O-].OCCn1cc(-c2cncc(-c3ccnc(-c4ccccc4F)c3)c2)cn1.[K+].[K][K]. The summed E-state index contributed by atoms with van der Waals surface area (Å²) in [7, 11) is -3.52. The first kappa shape index (κ1) is 113. The number of nitrogens with zero attached hydrogens (tertiary/aromatic N) is 16. The van der Waals surface area contributed by atoms with E-state index in [1.807, 2.05) is 137 Å². The summed E-state index contributed by atoms with van der Waals surface area (Å²) in [6.07, 6.45) is 45.7. The first-order chi connectivity index (χ1) is 67.5. The maximum absolute atomic E-state index is 14.2. The topological polar surface area (TPSA) is 341 Å². The van der Waals surface area contributed by atoms with Crippen LogP contribution in [-0.4, -0.2) is 231 Å². The molecular formula is C100H103BBrCl2F3K3N16O13P. The van der Waals surface area contributed by atoms with Gasteiger partial charge < -0.3 is 53.0 Å². The Morgan fingerprint density at radius 3 is 1.13 bits per heavy atom. The molecule has 4 saturated heterocycles. The standard InChI is InChI=1S/C26H25FN4O2.C21H17FN4O.C20H21ClN4O2.C16H27BN2O4.C10H6BrClN2.C7H7F.3K.HO4P/c27-24-6-2-1-5-23(24)25-14-19(8-9-29-25)20-13-21(16-28-15-20)22-17-30-31(18-22)10-12-33-26-7-3-4-11-32-26;22-20-4-2-1-3-19(20)21-10-15(5-6-24-21)16-9-17(12-23-11-16)18-13-25-26(14-18)7-8-27;21-19-10-15(4-5-23-19)16-9-17(12-22-11-16)18-13-24-25(14-18)6-8-27-20-3-1-2-7-26-20;1-15(2)16(3,4)23-17(22-15)13-11-18-19(12-13)8-10-21-14-7-5-6-9-20-14;11-9-3-8(5-13-6-9)7-1-2-14-10(12)4-7;1-6-4-2-3-5-7(6)8;;;;1-4-5(2)3/h1-2,5-6,8-9,13-18,26H,3-4,7,10-12H2;1-6,9-14,27H,7-8H2;4-5,9-14,20H,1-3,6-8H2;11-12,14H,5-10H2,1-4H3;1-6H;2-5H,1H3;;;;1H/q;;;;;;;;+1;/p-1. The van der Waals surface area contributed by atoms with Crippen molar-refractivity contribution in [2.45, 2.75) is 149 Å². The fourth-order valence-corrected chi connectivity index (χ4v) is 15.1. The van der Waals surface area contributed by atoms with E-state index >= 15 is 0 Å². The van der Waals surface area contributed by atoms with Crippen LogP contribution in [-0.2, 0) is 73.1 Å². The Morgan fingerprint density at radius 2 is 0.786 bits per heavy atom. The molecule has 714 valence electrons. The Labute approximate surface area is 919 Å². The van der Waals surface area contributed by atoms with Crippen LogP contribution in [0.3, 0.4) is 0 Å². The van der Waals surface area contributed by atoms with Crippen molar-refractivity contribution in [1.29, 1.82) is 0 Å². The van der Waals surface area contributed by atoms with Gasteiger partial charge in [0.2, 0.25) is 0 Å². The van der Waals surface area contributed by atoms with Gasteiger partial charge in [-0.1, -0.05) is 65.7 Å². The molecule has 0 aliphatic carbocycles. The minimum atomic E-state index is -3.15. The van der Waals surface area contributed by atoms with E-state index < -0.39 is 8.25 Å². The molecule has 4 aliphatic heterocycles. The average Bonchev–Trinajstić information content (AvgIpc) is 1.61. The van der Waals surface area contributed by atoms with Gasteiger partial charge in [0.25, 0.3) is 0 Å². The van der Waals surface area contributed by atoms with Crippen LogP contribution in [0.4, 0.5) is 13.2 Å². The summed E-state index contributed by atoms with van der Waals surface area (Å²) in [5.74, 6) is -0.724. The molecule has 4 unspecified atom stereocenters. The molecule has 29 nitrogen and oxygen atoms in total. The fraction of sp³-hybridized carbons (Fsp3) is 0.300. The zero-order valence-corrected chi connectivity index (χ0v) is 92.4. The number of rotatable bonds is 25. The van der Waals surface area contributed by atoms with E-state index in [1.54, 1.807) is 128 Å². The van der Waals surface area contributed by atoms with E-state index in [2.05, 4.69) is 121 Å². The number of benzene rings is 3. The Balaban J connectivity index is 0.000000163. The van der Waals surface area contributed by atoms with E-state index in [0.29, 0.717) is 84.4 Å². The van der Waals surface area contributed by atoms with E-state index in [4.69, 9.17) is 80.8 Å². The number of pyridine rings is 8. The number of hydrogen-bond donors (Lipinski definition) is 1. The van der Waals surface area contributed by atoms with Gasteiger partial charge in [-0.25, -0.2) is 27.8 Å². The molecule has 40 heteroatoms. The number of aliphatic hydroxyl groups is 1. The van der Waals surface area contributed by atoms with Crippen molar-refractivity contribution < 1.29 is 127 Å². The number of aliphatic hydroxyl groups excluding tert-OH is 1. The summed E-state index contributed by atoms with van der Waals surface area (Å²) in [6.45, 7) is 16.6. The van der Waals surface area contributed by atoms with E-state index in [1.165, 1.54) is 94.2 Å². The molecule has 0 saturated carbocycles. The second kappa shape index (κ2) is 59.7. The van der Waals surface area contributed by atoms with Crippen LogP contribution in [0.15, 0.2) is 274 Å². The molecule has 3 aromatic carbocycles. The summed E-state index contributed by atoms with van der Waals surface area (Å²) >= 11 is 17.7. The molecule has 0 spiro atoms. The molecule has 4 fully saturated rings. The predicted molar refractivity (Wildman–Crippen MR) is 527 cm³/mol. The Bertz CT molecular complexity index is 6270. The molecular weight excluding hydrogens is 2000 g/mol. The van der Waals surface area contributed by atoms with Gasteiger partial charge in [-0.3, -0.25) is 48.6 Å². The van der Waals surface area contributed by atoms with Gasteiger partial charge in [0, 0.05) is 202 Å². The zero-order valence-electron chi connectivity index (χ0n) is 79.1. The third-order valence-electron chi connectivity index (χ3n) is 22.4. The first-order valence-corrected chi connectivity index (χ1v) is 64.2. The van der Waals surface area contributed by atoms with Crippen molar-refractivity contribution in [1.82, 2.24) is 79.0 Å². The van der Waals surface area contributed by atoms with Crippen molar-refractivity contribution in [2.75, 3.05) is 46.2 Å². The molecule has 4 atom stereocenters. The Hall–Kier alpha value is -6.86. The second-order valence-electron chi connectivity index (χ2n) is 32.7. The van der Waals surface area contributed by atoms with Crippen molar-refractivity contribution in [3.05, 3.63) is 307 Å². The molecule has 15 aromatic rings. The fourth-order valence-electron chi connectivity index (χ4n) is 14.4. The number of ether oxygens (including phenoxy) is 6. The van der Waals surface area contributed by atoms with Crippen LogP contribution in [0.5, 0.6) is 0 Å².